The normalized spacial score (nSPS) is 15.5. The number of nitrogens with one attached hydrogen (secondary N) is 1. The fraction of sp³-hybridized carbons (Fsp3) is 0.632. The Labute approximate surface area is 134 Å². The lowest BCUT2D eigenvalue weighted by atomic mass is 9.86. The maximum absolute atomic E-state index is 11.6. The smallest absolute Gasteiger partial charge is 0.407 e. The second-order valence-electron chi connectivity index (χ2n) is 6.34. The molecule has 3 nitrogen and oxygen atoms in total. The minimum Gasteiger partial charge on any atom is -0.445 e. The van der Waals surface area contributed by atoms with Gasteiger partial charge in [-0.3, -0.25) is 0 Å². The van der Waals surface area contributed by atoms with Gasteiger partial charge in [0, 0.05) is 6.54 Å². The molecule has 0 spiro atoms. The van der Waals surface area contributed by atoms with Crippen LogP contribution in [0.3, 0.4) is 0 Å². The molecular formula is C19H29NO2. The number of carbonyl (C=O) groups excluding carboxylic acids is 1. The van der Waals surface area contributed by atoms with E-state index in [1.807, 2.05) is 30.3 Å². The number of benzene rings is 1. The Bertz CT molecular complexity index is 413. The number of ether oxygens (including phenoxy) is 1. The van der Waals surface area contributed by atoms with Crippen LogP contribution in [0, 0.1) is 5.92 Å². The number of carbonyl (C=O) groups is 1. The van der Waals surface area contributed by atoms with Crippen LogP contribution < -0.4 is 5.32 Å². The van der Waals surface area contributed by atoms with Crippen molar-refractivity contribution in [3.05, 3.63) is 35.9 Å². The molecule has 1 aromatic rings. The molecule has 0 aliphatic heterocycles. The van der Waals surface area contributed by atoms with E-state index in [9.17, 15) is 4.79 Å². The van der Waals surface area contributed by atoms with Crippen LogP contribution in [-0.2, 0) is 11.3 Å². The quantitative estimate of drug-likeness (QED) is 0.682. The van der Waals surface area contributed by atoms with Crippen LogP contribution in [0.2, 0.25) is 0 Å². The molecule has 0 radical (unpaired) electrons. The Balaban J connectivity index is 1.43. The number of amides is 1. The third kappa shape index (κ3) is 6.97. The molecular weight excluding hydrogens is 274 g/mol. The van der Waals surface area contributed by atoms with Crippen LogP contribution in [0.1, 0.15) is 63.4 Å². The molecule has 1 saturated carbocycles. The highest BCUT2D eigenvalue weighted by Gasteiger charge is 2.12. The van der Waals surface area contributed by atoms with Gasteiger partial charge < -0.3 is 10.1 Å². The highest BCUT2D eigenvalue weighted by atomic mass is 16.5. The summed E-state index contributed by atoms with van der Waals surface area (Å²) in [6.45, 7) is 1.06. The molecule has 0 heterocycles. The molecule has 22 heavy (non-hydrogen) atoms. The number of hydrogen-bond acceptors (Lipinski definition) is 2. The third-order valence-corrected chi connectivity index (χ3v) is 4.50. The van der Waals surface area contributed by atoms with Crippen LogP contribution in [-0.4, -0.2) is 12.6 Å². The van der Waals surface area contributed by atoms with Crippen LogP contribution in [0.15, 0.2) is 30.3 Å². The van der Waals surface area contributed by atoms with Gasteiger partial charge in [-0.25, -0.2) is 4.79 Å². The number of alkyl carbamates (subject to hydrolysis) is 1. The average Bonchev–Trinajstić information content (AvgIpc) is 2.58. The van der Waals surface area contributed by atoms with Gasteiger partial charge in [0.1, 0.15) is 6.61 Å². The molecule has 0 saturated heterocycles. The van der Waals surface area contributed by atoms with E-state index in [0.717, 1.165) is 24.4 Å². The van der Waals surface area contributed by atoms with Gasteiger partial charge in [0.2, 0.25) is 0 Å². The van der Waals surface area contributed by atoms with E-state index in [4.69, 9.17) is 4.74 Å². The minimum absolute atomic E-state index is 0.309. The summed E-state index contributed by atoms with van der Waals surface area (Å²) in [6.07, 6.45) is 11.8. The first kappa shape index (κ1) is 16.9. The Morgan fingerprint density at radius 2 is 1.82 bits per heavy atom. The second-order valence-corrected chi connectivity index (χ2v) is 6.34. The van der Waals surface area contributed by atoms with Crippen molar-refractivity contribution in [2.75, 3.05) is 6.54 Å². The summed E-state index contributed by atoms with van der Waals surface area (Å²) < 4.78 is 5.18. The molecule has 0 aromatic heterocycles. The third-order valence-electron chi connectivity index (χ3n) is 4.50. The molecule has 1 N–H and O–H groups in total. The van der Waals surface area contributed by atoms with Crippen LogP contribution in [0.4, 0.5) is 4.79 Å². The first-order chi connectivity index (χ1) is 10.8. The SMILES string of the molecule is O=C(NCCCCCC1CCCCC1)OCc1ccccc1. The first-order valence-electron chi connectivity index (χ1n) is 8.79. The maximum atomic E-state index is 11.6. The molecule has 1 amide bonds. The molecule has 3 heteroatoms. The highest BCUT2D eigenvalue weighted by Crippen LogP contribution is 2.27. The van der Waals surface area contributed by atoms with Gasteiger partial charge >= 0.3 is 6.09 Å². The van der Waals surface area contributed by atoms with E-state index < -0.39 is 0 Å². The zero-order chi connectivity index (χ0) is 15.5. The van der Waals surface area contributed by atoms with E-state index in [-0.39, 0.29) is 6.09 Å². The predicted molar refractivity (Wildman–Crippen MR) is 89.7 cm³/mol. The summed E-state index contributed by atoms with van der Waals surface area (Å²) in [5.74, 6) is 0.970. The lowest BCUT2D eigenvalue weighted by Crippen LogP contribution is -2.25. The number of hydrogen-bond donors (Lipinski definition) is 1. The summed E-state index contributed by atoms with van der Waals surface area (Å²) >= 11 is 0. The van der Waals surface area contributed by atoms with Crippen molar-refractivity contribution in [2.45, 2.75) is 64.4 Å². The van der Waals surface area contributed by atoms with Gasteiger partial charge in [0.15, 0.2) is 0 Å². The molecule has 1 aliphatic rings. The van der Waals surface area contributed by atoms with Crippen molar-refractivity contribution in [3.8, 4) is 0 Å². The molecule has 0 atom stereocenters. The fourth-order valence-corrected chi connectivity index (χ4v) is 3.18. The Morgan fingerprint density at radius 3 is 2.59 bits per heavy atom. The summed E-state index contributed by atoms with van der Waals surface area (Å²) in [5, 5.41) is 2.83. The van der Waals surface area contributed by atoms with Crippen LogP contribution in [0.5, 0.6) is 0 Å². The second kappa shape index (κ2) is 10.3. The molecule has 122 valence electrons. The summed E-state index contributed by atoms with van der Waals surface area (Å²) in [6, 6.07) is 9.76. The van der Waals surface area contributed by atoms with Crippen molar-refractivity contribution >= 4 is 6.09 Å². The van der Waals surface area contributed by atoms with Crippen molar-refractivity contribution < 1.29 is 9.53 Å². The van der Waals surface area contributed by atoms with E-state index in [1.54, 1.807) is 0 Å². The van der Waals surface area contributed by atoms with Crippen molar-refractivity contribution in [3.63, 3.8) is 0 Å². The average molecular weight is 303 g/mol. The number of rotatable bonds is 8. The van der Waals surface area contributed by atoms with Gasteiger partial charge in [0.05, 0.1) is 0 Å². The standard InChI is InChI=1S/C19H29NO2/c21-19(22-16-18-13-6-2-7-14-18)20-15-9-3-8-12-17-10-4-1-5-11-17/h2,6-7,13-14,17H,1,3-5,8-12,15-16H2,(H,20,21). The molecule has 1 fully saturated rings. The maximum Gasteiger partial charge on any atom is 0.407 e. The highest BCUT2D eigenvalue weighted by molar-refractivity contribution is 5.67. The lowest BCUT2D eigenvalue weighted by Gasteiger charge is -2.21. The summed E-state index contributed by atoms with van der Waals surface area (Å²) in [4.78, 5) is 11.6. The first-order valence-corrected chi connectivity index (χ1v) is 8.79. The summed E-state index contributed by atoms with van der Waals surface area (Å²) in [7, 11) is 0. The van der Waals surface area contributed by atoms with Gasteiger partial charge in [-0.15, -0.1) is 0 Å². The van der Waals surface area contributed by atoms with E-state index in [2.05, 4.69) is 5.32 Å². The largest absolute Gasteiger partial charge is 0.445 e. The van der Waals surface area contributed by atoms with E-state index in [1.165, 1.54) is 51.4 Å². The predicted octanol–water partition coefficient (Wildman–Crippen LogP) is 5.05. The van der Waals surface area contributed by atoms with E-state index >= 15 is 0 Å². The molecule has 0 unspecified atom stereocenters. The van der Waals surface area contributed by atoms with Gasteiger partial charge in [-0.2, -0.15) is 0 Å². The molecule has 2 rings (SSSR count). The monoisotopic (exact) mass is 303 g/mol. The molecule has 0 bridgehead atoms. The fourth-order valence-electron chi connectivity index (χ4n) is 3.18. The van der Waals surface area contributed by atoms with Crippen molar-refractivity contribution in [2.24, 2.45) is 5.92 Å². The Morgan fingerprint density at radius 1 is 1.05 bits per heavy atom. The van der Waals surface area contributed by atoms with Crippen LogP contribution >= 0.6 is 0 Å². The van der Waals surface area contributed by atoms with Crippen molar-refractivity contribution in [1.82, 2.24) is 5.32 Å². The topological polar surface area (TPSA) is 38.3 Å². The van der Waals surface area contributed by atoms with Crippen LogP contribution in [0.25, 0.3) is 0 Å². The Kier molecular flexibility index (Phi) is 7.86. The number of unbranched alkanes of at least 4 members (excludes halogenated alkanes) is 2. The van der Waals surface area contributed by atoms with Gasteiger partial charge in [-0.1, -0.05) is 81.7 Å². The minimum atomic E-state index is -0.309. The zero-order valence-electron chi connectivity index (χ0n) is 13.6. The molecule has 1 aliphatic carbocycles. The van der Waals surface area contributed by atoms with Gasteiger partial charge in [-0.05, 0) is 17.9 Å². The Hall–Kier alpha value is -1.51. The zero-order valence-corrected chi connectivity index (χ0v) is 13.6. The summed E-state index contributed by atoms with van der Waals surface area (Å²) in [5.41, 5.74) is 1.02. The van der Waals surface area contributed by atoms with Gasteiger partial charge in [0.25, 0.3) is 0 Å². The van der Waals surface area contributed by atoms with E-state index in [0.29, 0.717) is 6.61 Å². The molecule has 1 aromatic carbocycles. The lowest BCUT2D eigenvalue weighted by molar-refractivity contribution is 0.139. The van der Waals surface area contributed by atoms with Crippen molar-refractivity contribution in [1.29, 1.82) is 0 Å².